The summed E-state index contributed by atoms with van der Waals surface area (Å²) in [5, 5.41) is 8.15. The molecule has 0 aliphatic carbocycles. The summed E-state index contributed by atoms with van der Waals surface area (Å²) in [7, 11) is 0. The van der Waals surface area contributed by atoms with E-state index in [2.05, 4.69) is 65.8 Å². The molecule has 0 N–H and O–H groups in total. The van der Waals surface area contributed by atoms with E-state index in [4.69, 9.17) is 4.74 Å². The molecule has 1 rings (SSSR count). The number of alkyl halides is 2. The maximum atomic E-state index is 5.93. The van der Waals surface area contributed by atoms with E-state index in [1.165, 1.54) is 0 Å². The van der Waals surface area contributed by atoms with Crippen LogP contribution in [0.1, 0.15) is 39.8 Å². The molecule has 0 saturated carbocycles. The molecule has 0 saturated heterocycles. The van der Waals surface area contributed by atoms with Crippen molar-refractivity contribution in [2.24, 2.45) is 0 Å². The minimum absolute atomic E-state index is 0.0194. The molecule has 1 aromatic heterocycles. The van der Waals surface area contributed by atoms with Crippen LogP contribution >= 0.6 is 22.9 Å². The van der Waals surface area contributed by atoms with Crippen LogP contribution in [0.3, 0.4) is 0 Å². The molecule has 0 spiro atoms. The fraction of sp³-hybridized carbons (Fsp3) is 0.818. The summed E-state index contributed by atoms with van der Waals surface area (Å²) in [6.45, 7) is 9.50. The molecule has 0 aliphatic rings. The molecule has 100 valence electrons. The van der Waals surface area contributed by atoms with Crippen molar-refractivity contribution in [3.63, 3.8) is 0 Å². The maximum absolute atomic E-state index is 5.93. The van der Waals surface area contributed by atoms with E-state index in [1.807, 2.05) is 6.20 Å². The molecule has 0 bridgehead atoms. The van der Waals surface area contributed by atoms with E-state index in [0.717, 1.165) is 18.7 Å². The Morgan fingerprint density at radius 2 is 2.06 bits per heavy atom. The van der Waals surface area contributed by atoms with Gasteiger partial charge in [0, 0.05) is 0 Å². The zero-order valence-corrected chi connectivity index (χ0v) is 15.3. The van der Waals surface area contributed by atoms with Crippen LogP contribution in [-0.2, 0) is 10.2 Å². The number of ether oxygens (including phenoxy) is 1. The van der Waals surface area contributed by atoms with Gasteiger partial charge >= 0.3 is 129 Å². The molecule has 6 heteroatoms. The molecule has 0 aromatic carbocycles. The normalized spacial score (nSPS) is 13.3. The number of aromatic nitrogens is 3. The summed E-state index contributed by atoms with van der Waals surface area (Å²) < 4.78 is 7.73. The second-order valence-electron chi connectivity index (χ2n) is 5.03. The SMILES string of the molecule is C[I-]C(C)(C)OCCC(C)(C)c1cn(I)nn1. The Hall–Kier alpha value is 0.560. The molecular formula is C11H20I2N3O-. The molecule has 0 unspecified atom stereocenters. The number of hydrogen-bond acceptors (Lipinski definition) is 3. The molecule has 4 nitrogen and oxygen atoms in total. The first-order chi connectivity index (χ1) is 7.77. The van der Waals surface area contributed by atoms with Crippen molar-refractivity contribution >= 4 is 22.9 Å². The fourth-order valence-corrected chi connectivity index (χ4v) is 2.18. The molecule has 1 heterocycles. The average Bonchev–Trinajstić information content (AvgIpc) is 2.65. The summed E-state index contributed by atoms with van der Waals surface area (Å²) in [4.78, 5) is 2.26. The third kappa shape index (κ3) is 4.98. The van der Waals surface area contributed by atoms with Gasteiger partial charge in [0.05, 0.1) is 0 Å². The van der Waals surface area contributed by atoms with Gasteiger partial charge in [-0.15, -0.1) is 0 Å². The molecule has 0 atom stereocenters. The van der Waals surface area contributed by atoms with Crippen molar-refractivity contribution < 1.29 is 25.9 Å². The summed E-state index contributed by atoms with van der Waals surface area (Å²) in [6.07, 6.45) is 2.94. The quantitative estimate of drug-likeness (QED) is 0.426. The number of halogens is 2. The van der Waals surface area contributed by atoms with Crippen LogP contribution in [0.4, 0.5) is 0 Å². The summed E-state index contributed by atoms with van der Waals surface area (Å²) in [6, 6.07) is 0. The first-order valence-corrected chi connectivity index (χ1v) is 9.70. The van der Waals surface area contributed by atoms with Crippen molar-refractivity contribution in [3.8, 4) is 0 Å². The van der Waals surface area contributed by atoms with E-state index in [0.29, 0.717) is 0 Å². The van der Waals surface area contributed by atoms with Gasteiger partial charge in [-0.3, -0.25) is 0 Å². The van der Waals surface area contributed by atoms with Gasteiger partial charge in [-0.05, 0) is 0 Å². The van der Waals surface area contributed by atoms with Gasteiger partial charge in [0.25, 0.3) is 0 Å². The zero-order chi connectivity index (χ0) is 13.1. The van der Waals surface area contributed by atoms with Crippen molar-refractivity contribution in [1.82, 2.24) is 13.2 Å². The molecule has 0 amide bonds. The van der Waals surface area contributed by atoms with Crippen molar-refractivity contribution in [2.75, 3.05) is 11.5 Å². The molecule has 0 radical (unpaired) electrons. The van der Waals surface area contributed by atoms with E-state index in [1.54, 1.807) is 2.90 Å². The Balaban J connectivity index is 2.51. The molecule has 0 fully saturated rings. The van der Waals surface area contributed by atoms with Crippen molar-refractivity contribution in [1.29, 1.82) is 0 Å². The molecule has 0 aliphatic heterocycles. The molecule has 17 heavy (non-hydrogen) atoms. The van der Waals surface area contributed by atoms with Gasteiger partial charge in [-0.2, -0.15) is 0 Å². The van der Waals surface area contributed by atoms with Crippen LogP contribution in [0.5, 0.6) is 0 Å². The van der Waals surface area contributed by atoms with Gasteiger partial charge in [0.2, 0.25) is 0 Å². The first kappa shape index (κ1) is 15.6. The van der Waals surface area contributed by atoms with Gasteiger partial charge in [-0.25, -0.2) is 0 Å². The first-order valence-electron chi connectivity index (χ1n) is 5.50. The summed E-state index contributed by atoms with van der Waals surface area (Å²) in [5.74, 6) is 0. The monoisotopic (exact) mass is 464 g/mol. The van der Waals surface area contributed by atoms with E-state index < -0.39 is 0 Å². The van der Waals surface area contributed by atoms with Crippen LogP contribution in [0.25, 0.3) is 0 Å². The fourth-order valence-electron chi connectivity index (χ4n) is 1.29. The predicted molar refractivity (Wildman–Crippen MR) is 73.0 cm³/mol. The third-order valence-corrected chi connectivity index (χ3v) is 6.17. The van der Waals surface area contributed by atoms with E-state index in [-0.39, 0.29) is 30.2 Å². The second kappa shape index (κ2) is 6.14. The summed E-state index contributed by atoms with van der Waals surface area (Å²) in [5.41, 5.74) is 1.05. The van der Waals surface area contributed by atoms with Crippen LogP contribution < -0.4 is 21.2 Å². The Bertz CT molecular complexity index is 363. The number of hydrogen-bond donors (Lipinski definition) is 0. The Labute approximate surface area is 128 Å². The van der Waals surface area contributed by atoms with Crippen molar-refractivity contribution in [2.45, 2.75) is 43.1 Å². The Morgan fingerprint density at radius 1 is 1.41 bits per heavy atom. The van der Waals surface area contributed by atoms with Crippen LogP contribution in [0.15, 0.2) is 6.20 Å². The predicted octanol–water partition coefficient (Wildman–Crippen LogP) is -0.385. The Morgan fingerprint density at radius 3 is 2.53 bits per heavy atom. The topological polar surface area (TPSA) is 39.9 Å². The van der Waals surface area contributed by atoms with Gasteiger partial charge in [-0.1, -0.05) is 0 Å². The van der Waals surface area contributed by atoms with Crippen LogP contribution in [0.2, 0.25) is 0 Å². The molecular weight excluding hydrogens is 444 g/mol. The average molecular weight is 464 g/mol. The van der Waals surface area contributed by atoms with Gasteiger partial charge in [0.15, 0.2) is 0 Å². The van der Waals surface area contributed by atoms with E-state index >= 15 is 0 Å². The summed E-state index contributed by atoms with van der Waals surface area (Å²) >= 11 is 2.22. The zero-order valence-electron chi connectivity index (χ0n) is 11.0. The van der Waals surface area contributed by atoms with Crippen LogP contribution in [-0.4, -0.2) is 28.4 Å². The third-order valence-electron chi connectivity index (χ3n) is 2.79. The van der Waals surface area contributed by atoms with Crippen molar-refractivity contribution in [3.05, 3.63) is 11.9 Å². The van der Waals surface area contributed by atoms with Crippen LogP contribution in [0, 0.1) is 0 Å². The number of nitrogens with zero attached hydrogens (tertiary/aromatic N) is 3. The van der Waals surface area contributed by atoms with Gasteiger partial charge in [0.1, 0.15) is 0 Å². The standard InChI is InChI=1S/C11H20I2N3O/c1-10(2,9-8-16(12)15-14-9)6-7-17-11(3,4)13-5/h8H,6-7H2,1-5H3/q-1. The van der Waals surface area contributed by atoms with Gasteiger partial charge < -0.3 is 0 Å². The minimum atomic E-state index is 0.0194. The number of rotatable bonds is 6. The second-order valence-corrected chi connectivity index (χ2v) is 9.69. The Kier molecular flexibility index (Phi) is 5.64. The molecule has 1 aromatic rings. The van der Waals surface area contributed by atoms with E-state index in [9.17, 15) is 0 Å².